The molecule has 2 aromatic heterocycles. The van der Waals surface area contributed by atoms with Crippen molar-refractivity contribution in [2.75, 3.05) is 0 Å². The van der Waals surface area contributed by atoms with Gasteiger partial charge in [-0.05, 0) is 62.9 Å². The van der Waals surface area contributed by atoms with Crippen LogP contribution in [-0.2, 0) is 19.4 Å². The fraction of sp³-hybridized carbons (Fsp3) is 0.353. The van der Waals surface area contributed by atoms with Crippen LogP contribution in [0.15, 0.2) is 24.3 Å². The quantitative estimate of drug-likeness (QED) is 0.747. The van der Waals surface area contributed by atoms with Crippen LogP contribution in [0.4, 0.5) is 4.39 Å². The third-order valence-corrected chi connectivity index (χ3v) is 4.35. The largest absolute Gasteiger partial charge is 0.244 e. The fourth-order valence-corrected chi connectivity index (χ4v) is 3.29. The van der Waals surface area contributed by atoms with E-state index >= 15 is 0 Å². The first-order chi connectivity index (χ1) is 11.1. The van der Waals surface area contributed by atoms with E-state index in [1.807, 2.05) is 23.2 Å². The summed E-state index contributed by atoms with van der Waals surface area (Å²) in [4.78, 5) is 4.35. The Kier molecular flexibility index (Phi) is 3.25. The Labute approximate surface area is 133 Å². The molecule has 0 N–H and O–H groups in total. The molecule has 118 valence electrons. The van der Waals surface area contributed by atoms with Gasteiger partial charge >= 0.3 is 0 Å². The van der Waals surface area contributed by atoms with Crippen molar-refractivity contribution in [2.45, 2.75) is 39.7 Å². The van der Waals surface area contributed by atoms with E-state index in [-0.39, 0.29) is 5.82 Å². The first-order valence-electron chi connectivity index (χ1n) is 7.85. The lowest BCUT2D eigenvalue weighted by atomic mass is 10.2. The number of fused-ring (bicyclic) bond motifs is 1. The van der Waals surface area contributed by atoms with Crippen molar-refractivity contribution in [3.63, 3.8) is 0 Å². The SMILES string of the molecule is Cc1nc(C)n(Cc2nn(-c3ccc(F)cc3)c3c2CCC3)n1. The molecule has 0 amide bonds. The van der Waals surface area contributed by atoms with Crippen molar-refractivity contribution in [2.24, 2.45) is 0 Å². The van der Waals surface area contributed by atoms with Crippen molar-refractivity contribution in [3.05, 3.63) is 58.7 Å². The van der Waals surface area contributed by atoms with E-state index in [1.54, 1.807) is 12.1 Å². The molecular weight excluding hydrogens is 293 g/mol. The molecule has 5 nitrogen and oxygen atoms in total. The molecule has 3 aromatic rings. The Bertz CT molecular complexity index is 860. The first-order valence-corrected chi connectivity index (χ1v) is 7.85. The average molecular weight is 311 g/mol. The summed E-state index contributed by atoms with van der Waals surface area (Å²) in [5, 5.41) is 9.21. The molecule has 2 heterocycles. The van der Waals surface area contributed by atoms with Crippen LogP contribution in [0.2, 0.25) is 0 Å². The van der Waals surface area contributed by atoms with E-state index < -0.39 is 0 Å². The van der Waals surface area contributed by atoms with Crippen molar-refractivity contribution in [1.82, 2.24) is 24.5 Å². The maximum absolute atomic E-state index is 13.2. The van der Waals surface area contributed by atoms with Crippen LogP contribution < -0.4 is 0 Å². The van der Waals surface area contributed by atoms with Gasteiger partial charge in [0.2, 0.25) is 0 Å². The highest BCUT2D eigenvalue weighted by Crippen LogP contribution is 2.28. The molecule has 23 heavy (non-hydrogen) atoms. The predicted octanol–water partition coefficient (Wildman–Crippen LogP) is 2.76. The minimum absolute atomic E-state index is 0.230. The van der Waals surface area contributed by atoms with Gasteiger partial charge in [0.05, 0.1) is 17.9 Å². The van der Waals surface area contributed by atoms with E-state index in [2.05, 4.69) is 10.1 Å². The molecule has 4 rings (SSSR count). The minimum Gasteiger partial charge on any atom is -0.244 e. The second-order valence-electron chi connectivity index (χ2n) is 5.98. The first kappa shape index (κ1) is 14.1. The molecule has 0 aliphatic heterocycles. The molecule has 0 saturated carbocycles. The van der Waals surface area contributed by atoms with Gasteiger partial charge < -0.3 is 0 Å². The number of hydrogen-bond acceptors (Lipinski definition) is 3. The second-order valence-corrected chi connectivity index (χ2v) is 5.98. The number of benzene rings is 1. The Hall–Kier alpha value is -2.50. The van der Waals surface area contributed by atoms with Crippen LogP contribution in [0.1, 0.15) is 35.0 Å². The molecule has 0 atom stereocenters. The van der Waals surface area contributed by atoms with E-state index in [0.29, 0.717) is 6.54 Å². The molecule has 0 radical (unpaired) electrons. The lowest BCUT2D eigenvalue weighted by Gasteiger charge is -2.05. The number of aromatic nitrogens is 5. The minimum atomic E-state index is -0.230. The number of nitrogens with zero attached hydrogens (tertiary/aromatic N) is 5. The number of hydrogen-bond donors (Lipinski definition) is 0. The standard InChI is InChI=1S/C17H18FN5/c1-11-19-12(2)22(20-11)10-16-15-4-3-5-17(15)23(21-16)14-8-6-13(18)7-9-14/h6-9H,3-5,10H2,1-2H3. The molecule has 0 fully saturated rings. The highest BCUT2D eigenvalue weighted by Gasteiger charge is 2.23. The Balaban J connectivity index is 1.75. The highest BCUT2D eigenvalue weighted by atomic mass is 19.1. The van der Waals surface area contributed by atoms with Crippen LogP contribution in [0.5, 0.6) is 0 Å². The van der Waals surface area contributed by atoms with Gasteiger partial charge in [0.25, 0.3) is 0 Å². The van der Waals surface area contributed by atoms with Gasteiger partial charge in [-0.25, -0.2) is 18.7 Å². The van der Waals surface area contributed by atoms with E-state index in [1.165, 1.54) is 23.4 Å². The van der Waals surface area contributed by atoms with Gasteiger partial charge in [-0.2, -0.15) is 10.2 Å². The molecule has 1 aliphatic rings. The van der Waals surface area contributed by atoms with Crippen LogP contribution >= 0.6 is 0 Å². The van der Waals surface area contributed by atoms with E-state index in [0.717, 1.165) is 42.3 Å². The predicted molar refractivity (Wildman–Crippen MR) is 84.1 cm³/mol. The van der Waals surface area contributed by atoms with Crippen LogP contribution in [-0.4, -0.2) is 24.5 Å². The van der Waals surface area contributed by atoms with Crippen molar-refractivity contribution in [3.8, 4) is 5.69 Å². The zero-order valence-corrected chi connectivity index (χ0v) is 13.3. The second kappa shape index (κ2) is 5.30. The summed E-state index contributed by atoms with van der Waals surface area (Å²) in [5.74, 6) is 1.44. The molecule has 0 spiro atoms. The van der Waals surface area contributed by atoms with Crippen LogP contribution in [0.3, 0.4) is 0 Å². The number of aryl methyl sites for hydroxylation is 2. The van der Waals surface area contributed by atoms with Gasteiger partial charge in [0, 0.05) is 5.69 Å². The summed E-state index contributed by atoms with van der Waals surface area (Å²) < 4.78 is 17.0. The summed E-state index contributed by atoms with van der Waals surface area (Å²) in [6.45, 7) is 4.48. The third kappa shape index (κ3) is 2.44. The van der Waals surface area contributed by atoms with Gasteiger partial charge in [-0.3, -0.25) is 0 Å². The fourth-order valence-electron chi connectivity index (χ4n) is 3.29. The maximum atomic E-state index is 13.2. The Morgan fingerprint density at radius 1 is 1.09 bits per heavy atom. The van der Waals surface area contributed by atoms with Crippen molar-refractivity contribution < 1.29 is 4.39 Å². The Morgan fingerprint density at radius 3 is 2.57 bits per heavy atom. The van der Waals surface area contributed by atoms with Crippen molar-refractivity contribution >= 4 is 0 Å². The highest BCUT2D eigenvalue weighted by molar-refractivity contribution is 5.40. The molecule has 6 heteroatoms. The zero-order chi connectivity index (χ0) is 16.0. The molecule has 1 aliphatic carbocycles. The maximum Gasteiger partial charge on any atom is 0.147 e. The summed E-state index contributed by atoms with van der Waals surface area (Å²) >= 11 is 0. The molecular formula is C17H18FN5. The lowest BCUT2D eigenvalue weighted by molar-refractivity contribution is 0.623. The van der Waals surface area contributed by atoms with Crippen LogP contribution in [0.25, 0.3) is 5.69 Å². The molecule has 0 bridgehead atoms. The Morgan fingerprint density at radius 2 is 1.87 bits per heavy atom. The number of halogens is 1. The normalized spacial score (nSPS) is 13.5. The third-order valence-electron chi connectivity index (χ3n) is 4.35. The van der Waals surface area contributed by atoms with Crippen molar-refractivity contribution in [1.29, 1.82) is 0 Å². The van der Waals surface area contributed by atoms with Gasteiger partial charge in [-0.1, -0.05) is 0 Å². The summed E-state index contributed by atoms with van der Waals surface area (Å²) in [6.07, 6.45) is 3.18. The van der Waals surface area contributed by atoms with Gasteiger partial charge in [0.1, 0.15) is 17.5 Å². The number of rotatable bonds is 3. The molecule has 0 saturated heterocycles. The van der Waals surface area contributed by atoms with E-state index in [4.69, 9.17) is 5.10 Å². The topological polar surface area (TPSA) is 48.5 Å². The average Bonchev–Trinajstić information content (AvgIpc) is 3.18. The molecule has 1 aromatic carbocycles. The monoisotopic (exact) mass is 311 g/mol. The summed E-state index contributed by atoms with van der Waals surface area (Å²) in [6, 6.07) is 6.50. The van der Waals surface area contributed by atoms with Gasteiger partial charge in [-0.15, -0.1) is 0 Å². The molecule has 0 unspecified atom stereocenters. The van der Waals surface area contributed by atoms with Gasteiger partial charge in [0.15, 0.2) is 0 Å². The smallest absolute Gasteiger partial charge is 0.147 e. The summed E-state index contributed by atoms with van der Waals surface area (Å²) in [5.41, 5.74) is 4.49. The van der Waals surface area contributed by atoms with E-state index in [9.17, 15) is 4.39 Å². The summed E-state index contributed by atoms with van der Waals surface area (Å²) in [7, 11) is 0. The lowest BCUT2D eigenvalue weighted by Crippen LogP contribution is -2.07. The van der Waals surface area contributed by atoms with Crippen LogP contribution in [0, 0.1) is 19.7 Å². The zero-order valence-electron chi connectivity index (χ0n) is 13.3.